The number of carbonyl (C=O) groups is 1. The van der Waals surface area contributed by atoms with Crippen molar-refractivity contribution in [2.75, 3.05) is 0 Å². The second kappa shape index (κ2) is 7.61. The van der Waals surface area contributed by atoms with Gasteiger partial charge in [-0.3, -0.25) is 0 Å². The first-order valence-electron chi connectivity index (χ1n) is 8.00. The maximum Gasteiger partial charge on any atom is 0.339 e. The Hall–Kier alpha value is -2.16. The van der Waals surface area contributed by atoms with E-state index in [0.717, 1.165) is 5.56 Å². The van der Waals surface area contributed by atoms with Gasteiger partial charge in [0.2, 0.25) is 0 Å². The van der Waals surface area contributed by atoms with Crippen LogP contribution >= 0.6 is 0 Å². The average molecular weight is 395 g/mol. The van der Waals surface area contributed by atoms with Crippen LogP contribution in [0.1, 0.15) is 17.2 Å². The molecule has 1 unspecified atom stereocenters. The summed E-state index contributed by atoms with van der Waals surface area (Å²) in [6.45, 7) is 7.49. The van der Waals surface area contributed by atoms with Crippen LogP contribution in [0.2, 0.25) is 19.6 Å². The second-order valence-electron chi connectivity index (χ2n) is 6.87. The monoisotopic (exact) mass is 394 g/mol. The quantitative estimate of drug-likeness (QED) is 0.568. The average Bonchev–Trinajstić information content (AvgIpc) is 2.52. The maximum absolute atomic E-state index is 12.4. The van der Waals surface area contributed by atoms with Gasteiger partial charge in [0.15, 0.2) is 14.4 Å². The highest BCUT2D eigenvalue weighted by Gasteiger charge is 2.28. The number of rotatable bonds is 7. The lowest BCUT2D eigenvalue weighted by Gasteiger charge is -2.24. The summed E-state index contributed by atoms with van der Waals surface area (Å²) >= 11 is 0. The Labute approximate surface area is 154 Å². The molecule has 0 bridgehead atoms. The summed E-state index contributed by atoms with van der Waals surface area (Å²) in [5.74, 6) is -1.10. The molecule has 0 saturated heterocycles. The third-order valence-electron chi connectivity index (χ3n) is 3.37. The van der Waals surface area contributed by atoms with Crippen molar-refractivity contribution >= 4 is 24.4 Å². The molecule has 2 aromatic carbocycles. The lowest BCUT2D eigenvalue weighted by atomic mass is 10.1. The summed E-state index contributed by atoms with van der Waals surface area (Å²) in [5.41, 5.74) is 1.26. The topological polar surface area (TPSA) is 89.9 Å². The predicted octanol–water partition coefficient (Wildman–Crippen LogP) is 3.74. The highest BCUT2D eigenvalue weighted by atomic mass is 32.2. The predicted molar refractivity (Wildman–Crippen MR) is 100 cm³/mol. The minimum Gasteiger partial charge on any atom is -0.479 e. The normalized spacial score (nSPS) is 13.2. The molecule has 140 valence electrons. The van der Waals surface area contributed by atoms with Gasteiger partial charge in [-0.1, -0.05) is 29.8 Å². The Balaban J connectivity index is 2.30. The summed E-state index contributed by atoms with van der Waals surface area (Å²) in [6, 6.07) is 12.2. The summed E-state index contributed by atoms with van der Waals surface area (Å²) in [5, 5.41) is 9.46. The van der Waals surface area contributed by atoms with E-state index < -0.39 is 30.5 Å². The van der Waals surface area contributed by atoms with E-state index in [2.05, 4.69) is 0 Å². The third kappa shape index (κ3) is 5.42. The van der Waals surface area contributed by atoms with E-state index >= 15 is 0 Å². The second-order valence-corrected chi connectivity index (χ2v) is 12.9. The molecule has 0 radical (unpaired) electrons. The van der Waals surface area contributed by atoms with Crippen molar-refractivity contribution in [3.05, 3.63) is 59.7 Å². The zero-order valence-electron chi connectivity index (χ0n) is 15.1. The lowest BCUT2D eigenvalue weighted by Crippen LogP contribution is -2.31. The van der Waals surface area contributed by atoms with E-state index in [9.17, 15) is 18.3 Å². The van der Waals surface area contributed by atoms with Gasteiger partial charge in [-0.2, -0.15) is 8.42 Å². The Kier molecular flexibility index (Phi) is 5.90. The van der Waals surface area contributed by atoms with Crippen molar-refractivity contribution in [2.45, 2.75) is 37.6 Å². The first kappa shape index (κ1) is 20.2. The molecule has 1 N–H and O–H groups in total. The van der Waals surface area contributed by atoms with Crippen LogP contribution in [-0.4, -0.2) is 27.8 Å². The first-order chi connectivity index (χ1) is 12.0. The van der Waals surface area contributed by atoms with Gasteiger partial charge in [0.05, 0.1) is 0 Å². The van der Waals surface area contributed by atoms with Gasteiger partial charge < -0.3 is 13.7 Å². The summed E-state index contributed by atoms with van der Waals surface area (Å²) in [6.07, 6.45) is -1.17. The van der Waals surface area contributed by atoms with Crippen molar-refractivity contribution in [2.24, 2.45) is 0 Å². The number of aryl methyl sites for hydroxylation is 1. The number of carboxylic acids is 1. The van der Waals surface area contributed by atoms with E-state index in [1.54, 1.807) is 24.3 Å². The van der Waals surface area contributed by atoms with Crippen LogP contribution < -0.4 is 4.18 Å². The van der Waals surface area contributed by atoms with Gasteiger partial charge in [-0.15, -0.1) is 0 Å². The molecule has 2 aromatic rings. The molecule has 0 aliphatic heterocycles. The largest absolute Gasteiger partial charge is 0.479 e. The summed E-state index contributed by atoms with van der Waals surface area (Å²) in [4.78, 5) is 11.6. The first-order valence-corrected chi connectivity index (χ1v) is 12.8. The van der Waals surface area contributed by atoms with E-state index in [1.165, 1.54) is 24.3 Å². The maximum atomic E-state index is 12.4. The minimum absolute atomic E-state index is 0.0293. The molecule has 0 fully saturated rings. The Morgan fingerprint density at radius 3 is 2.23 bits per heavy atom. The third-order valence-corrected chi connectivity index (χ3v) is 5.58. The van der Waals surface area contributed by atoms with E-state index in [1.807, 2.05) is 26.6 Å². The molecule has 1 atom stereocenters. The van der Waals surface area contributed by atoms with Crippen LogP contribution in [0.3, 0.4) is 0 Å². The zero-order chi connectivity index (χ0) is 19.5. The summed E-state index contributed by atoms with van der Waals surface area (Å²) < 4.78 is 35.7. The zero-order valence-corrected chi connectivity index (χ0v) is 16.9. The van der Waals surface area contributed by atoms with Gasteiger partial charge in [-0.05, 0) is 56.4 Å². The standard InChI is InChI=1S/C18H22O6SSi/c1-13-8-10-16(11-9-13)25(21,22)23-15-7-5-6-14(12-15)17(18(19)20)24-26(2,3)4/h5-12,17H,1-4H3,(H,19,20). The molecule has 6 nitrogen and oxygen atoms in total. The molecule has 2 rings (SSSR count). The van der Waals surface area contributed by atoms with Crippen molar-refractivity contribution < 1.29 is 26.9 Å². The van der Waals surface area contributed by atoms with Crippen LogP contribution in [0.15, 0.2) is 53.4 Å². The molecule has 0 heterocycles. The van der Waals surface area contributed by atoms with Gasteiger partial charge in [-0.25, -0.2) is 4.79 Å². The molecule has 0 saturated carbocycles. The fourth-order valence-electron chi connectivity index (χ4n) is 2.22. The highest BCUT2D eigenvalue weighted by Crippen LogP contribution is 2.27. The molecule has 26 heavy (non-hydrogen) atoms. The molecule has 8 heteroatoms. The Bertz CT molecular complexity index is 885. The van der Waals surface area contributed by atoms with Gasteiger partial charge in [0.1, 0.15) is 10.6 Å². The molecular formula is C18H22O6SSi. The van der Waals surface area contributed by atoms with Gasteiger partial charge >= 0.3 is 16.1 Å². The SMILES string of the molecule is Cc1ccc(S(=O)(=O)Oc2cccc(C(O[Si](C)(C)C)C(=O)O)c2)cc1. The molecule has 0 aliphatic rings. The van der Waals surface area contributed by atoms with Crippen molar-refractivity contribution in [1.82, 2.24) is 0 Å². The fourth-order valence-corrected chi connectivity index (χ4v) is 4.09. The number of benzene rings is 2. The van der Waals surface area contributed by atoms with Crippen LogP contribution in [-0.2, 0) is 19.3 Å². The molecule has 0 amide bonds. The van der Waals surface area contributed by atoms with Crippen LogP contribution in [0.5, 0.6) is 5.75 Å². The number of aliphatic carboxylic acids is 1. The van der Waals surface area contributed by atoms with Gasteiger partial charge in [0.25, 0.3) is 0 Å². The number of hydrogen-bond acceptors (Lipinski definition) is 5. The molecule has 0 aliphatic carbocycles. The van der Waals surface area contributed by atoms with Crippen LogP contribution in [0.4, 0.5) is 0 Å². The lowest BCUT2D eigenvalue weighted by molar-refractivity contribution is -0.145. The van der Waals surface area contributed by atoms with E-state index in [0.29, 0.717) is 5.56 Å². The highest BCUT2D eigenvalue weighted by molar-refractivity contribution is 7.87. The van der Waals surface area contributed by atoms with Crippen LogP contribution in [0, 0.1) is 6.92 Å². The fraction of sp³-hybridized carbons (Fsp3) is 0.278. The molecule has 0 aromatic heterocycles. The van der Waals surface area contributed by atoms with Crippen LogP contribution in [0.25, 0.3) is 0 Å². The minimum atomic E-state index is -4.01. The van der Waals surface area contributed by atoms with Crippen molar-refractivity contribution in [3.63, 3.8) is 0 Å². The number of hydrogen-bond donors (Lipinski definition) is 1. The number of carboxylic acid groups (broad SMARTS) is 1. The Morgan fingerprint density at radius 1 is 1.08 bits per heavy atom. The van der Waals surface area contributed by atoms with Crippen molar-refractivity contribution in [3.8, 4) is 5.75 Å². The Morgan fingerprint density at radius 2 is 1.69 bits per heavy atom. The van der Waals surface area contributed by atoms with E-state index in [4.69, 9.17) is 8.61 Å². The van der Waals surface area contributed by atoms with E-state index in [-0.39, 0.29) is 10.6 Å². The smallest absolute Gasteiger partial charge is 0.339 e. The van der Waals surface area contributed by atoms with Gasteiger partial charge in [0, 0.05) is 0 Å². The van der Waals surface area contributed by atoms with Crippen molar-refractivity contribution in [1.29, 1.82) is 0 Å². The molecular weight excluding hydrogens is 372 g/mol. The summed E-state index contributed by atoms with van der Waals surface area (Å²) in [7, 11) is -6.14. The molecule has 0 spiro atoms.